The Balaban J connectivity index is 2.14. The van der Waals surface area contributed by atoms with Gasteiger partial charge >= 0.3 is 11.9 Å². The van der Waals surface area contributed by atoms with Gasteiger partial charge in [-0.3, -0.25) is 9.59 Å². The monoisotopic (exact) mass is 312 g/mol. The zero-order valence-corrected chi connectivity index (χ0v) is 13.0. The molecule has 1 N–H and O–H groups in total. The van der Waals surface area contributed by atoms with Crippen LogP contribution in [0.25, 0.3) is 0 Å². The molecule has 1 aliphatic heterocycles. The number of hydrogen-bond donors (Lipinski definition) is 1. The molecule has 1 aliphatic rings. The Labute approximate surface area is 125 Å². The number of esters is 2. The molecule has 21 heavy (non-hydrogen) atoms. The number of carbonyl (C=O) groups is 3. The largest absolute Gasteiger partial charge is 0.465 e. The number of nitrogens with one attached hydrogen (secondary N) is 1. The van der Waals surface area contributed by atoms with Crippen molar-refractivity contribution in [1.29, 1.82) is 0 Å². The number of anilines is 1. The highest BCUT2D eigenvalue weighted by Gasteiger charge is 2.46. The lowest BCUT2D eigenvalue weighted by molar-refractivity contribution is -0.147. The van der Waals surface area contributed by atoms with Crippen LogP contribution in [0.15, 0.2) is 0 Å². The lowest BCUT2D eigenvalue weighted by atomic mass is 9.90. The molecule has 1 amide bonds. The van der Waals surface area contributed by atoms with Crippen LogP contribution in [0.5, 0.6) is 0 Å². The van der Waals surface area contributed by atoms with E-state index < -0.39 is 23.5 Å². The fraction of sp³-hybridized carbons (Fsp3) is 0.538. The standard InChI is InChI=1S/C13H16N2O5S/c1-6-9(11(18)19-4)21-12(14-6)15-10(17)7-5-8(16)20-13(7,2)3/h7H,5H2,1-4H3,(H,14,15,17). The number of carbonyl (C=O) groups excluding carboxylic acids is 3. The fourth-order valence-electron chi connectivity index (χ4n) is 2.15. The Hall–Kier alpha value is -1.96. The minimum Gasteiger partial charge on any atom is -0.465 e. The van der Waals surface area contributed by atoms with E-state index in [1.54, 1.807) is 20.8 Å². The molecule has 1 aromatic rings. The zero-order chi connectivity index (χ0) is 15.8. The van der Waals surface area contributed by atoms with Crippen molar-refractivity contribution in [3.63, 3.8) is 0 Å². The predicted octanol–water partition coefficient (Wildman–Crippen LogP) is 1.52. The quantitative estimate of drug-likeness (QED) is 0.850. The summed E-state index contributed by atoms with van der Waals surface area (Å²) in [6.07, 6.45) is 0.0348. The number of aromatic nitrogens is 1. The van der Waals surface area contributed by atoms with Gasteiger partial charge in [0.1, 0.15) is 10.5 Å². The van der Waals surface area contributed by atoms with Crippen LogP contribution in [0.3, 0.4) is 0 Å². The van der Waals surface area contributed by atoms with Crippen LogP contribution in [0, 0.1) is 12.8 Å². The number of hydrogen-bond acceptors (Lipinski definition) is 7. The molecule has 0 aromatic carbocycles. The summed E-state index contributed by atoms with van der Waals surface area (Å²) in [6.45, 7) is 5.04. The van der Waals surface area contributed by atoms with Crippen LogP contribution < -0.4 is 5.32 Å². The van der Waals surface area contributed by atoms with Gasteiger partial charge in [-0.25, -0.2) is 9.78 Å². The summed E-state index contributed by atoms with van der Waals surface area (Å²) in [4.78, 5) is 39.5. The topological polar surface area (TPSA) is 94.6 Å². The van der Waals surface area contributed by atoms with E-state index in [1.165, 1.54) is 7.11 Å². The molecule has 1 atom stereocenters. The van der Waals surface area contributed by atoms with Gasteiger partial charge in [-0.1, -0.05) is 11.3 Å². The molecular formula is C13H16N2O5S. The van der Waals surface area contributed by atoms with Crippen molar-refractivity contribution in [3.8, 4) is 0 Å². The highest BCUT2D eigenvalue weighted by atomic mass is 32.1. The highest BCUT2D eigenvalue weighted by Crippen LogP contribution is 2.34. The summed E-state index contributed by atoms with van der Waals surface area (Å²) in [7, 11) is 1.28. The maximum Gasteiger partial charge on any atom is 0.350 e. The Morgan fingerprint density at radius 3 is 2.67 bits per heavy atom. The molecule has 8 heteroatoms. The van der Waals surface area contributed by atoms with E-state index in [0.717, 1.165) is 11.3 Å². The van der Waals surface area contributed by atoms with Gasteiger partial charge in [0.05, 0.1) is 25.1 Å². The smallest absolute Gasteiger partial charge is 0.350 e. The van der Waals surface area contributed by atoms with E-state index in [2.05, 4.69) is 15.0 Å². The molecule has 1 unspecified atom stereocenters. The maximum absolute atomic E-state index is 12.2. The average Bonchev–Trinajstić information content (AvgIpc) is 2.87. The highest BCUT2D eigenvalue weighted by molar-refractivity contribution is 7.17. The van der Waals surface area contributed by atoms with Crippen molar-refractivity contribution < 1.29 is 23.9 Å². The Morgan fingerprint density at radius 1 is 1.48 bits per heavy atom. The zero-order valence-electron chi connectivity index (χ0n) is 12.2. The first-order valence-corrected chi connectivity index (χ1v) is 7.14. The summed E-state index contributed by atoms with van der Waals surface area (Å²) < 4.78 is 9.75. The molecular weight excluding hydrogens is 296 g/mol. The van der Waals surface area contributed by atoms with E-state index in [-0.39, 0.29) is 12.3 Å². The van der Waals surface area contributed by atoms with Crippen molar-refractivity contribution in [3.05, 3.63) is 10.6 Å². The van der Waals surface area contributed by atoms with Gasteiger partial charge in [-0.15, -0.1) is 0 Å². The van der Waals surface area contributed by atoms with Crippen LogP contribution in [0.2, 0.25) is 0 Å². The number of cyclic esters (lactones) is 1. The van der Waals surface area contributed by atoms with Crippen molar-refractivity contribution in [2.75, 3.05) is 12.4 Å². The third-order valence-electron chi connectivity index (χ3n) is 3.30. The first kappa shape index (κ1) is 15.4. The summed E-state index contributed by atoms with van der Waals surface area (Å²) in [5.74, 6) is -1.83. The third kappa shape index (κ3) is 3.05. The molecule has 0 saturated carbocycles. The number of thiazole rings is 1. The molecule has 114 valence electrons. The van der Waals surface area contributed by atoms with Gasteiger partial charge in [0, 0.05) is 0 Å². The molecule has 0 radical (unpaired) electrons. The lowest BCUT2D eigenvalue weighted by Gasteiger charge is -2.23. The van der Waals surface area contributed by atoms with Crippen molar-refractivity contribution in [2.24, 2.45) is 5.92 Å². The van der Waals surface area contributed by atoms with Crippen LogP contribution in [-0.4, -0.2) is 35.5 Å². The van der Waals surface area contributed by atoms with Crippen LogP contribution >= 0.6 is 11.3 Å². The molecule has 1 fully saturated rings. The number of aryl methyl sites for hydroxylation is 1. The second-order valence-corrected chi connectivity index (χ2v) is 6.25. The van der Waals surface area contributed by atoms with E-state index >= 15 is 0 Å². The molecule has 7 nitrogen and oxygen atoms in total. The number of rotatable bonds is 3. The van der Waals surface area contributed by atoms with E-state index in [4.69, 9.17) is 4.74 Å². The summed E-state index contributed by atoms with van der Waals surface area (Å²) in [5.41, 5.74) is -0.362. The predicted molar refractivity (Wildman–Crippen MR) is 75.1 cm³/mol. The second-order valence-electron chi connectivity index (χ2n) is 5.25. The van der Waals surface area contributed by atoms with Gasteiger partial charge < -0.3 is 14.8 Å². The molecule has 1 saturated heterocycles. The van der Waals surface area contributed by atoms with E-state index in [1.807, 2.05) is 0 Å². The minimum atomic E-state index is -0.849. The van der Waals surface area contributed by atoms with E-state index in [0.29, 0.717) is 15.7 Å². The Kier molecular flexibility index (Phi) is 3.99. The molecule has 0 aliphatic carbocycles. The second kappa shape index (κ2) is 5.44. The molecule has 0 spiro atoms. The Bertz CT molecular complexity index is 608. The number of ether oxygens (including phenoxy) is 2. The van der Waals surface area contributed by atoms with Gasteiger partial charge in [0.15, 0.2) is 5.13 Å². The SMILES string of the molecule is COC(=O)c1sc(NC(=O)C2CC(=O)OC2(C)C)nc1C. The Morgan fingerprint density at radius 2 is 2.14 bits per heavy atom. The average molecular weight is 312 g/mol. The van der Waals surface area contributed by atoms with Gasteiger partial charge in [0.2, 0.25) is 5.91 Å². The first-order valence-electron chi connectivity index (χ1n) is 6.33. The van der Waals surface area contributed by atoms with Crippen molar-refractivity contribution in [2.45, 2.75) is 32.8 Å². The van der Waals surface area contributed by atoms with Crippen LogP contribution in [0.1, 0.15) is 35.6 Å². The number of methoxy groups -OCH3 is 1. The lowest BCUT2D eigenvalue weighted by Crippen LogP contribution is -2.36. The normalized spacial score (nSPS) is 20.0. The van der Waals surface area contributed by atoms with Crippen molar-refractivity contribution in [1.82, 2.24) is 4.98 Å². The molecule has 2 heterocycles. The maximum atomic E-state index is 12.2. The van der Waals surface area contributed by atoms with Gasteiger partial charge in [-0.2, -0.15) is 0 Å². The minimum absolute atomic E-state index is 0.0348. The summed E-state index contributed by atoms with van der Waals surface area (Å²) in [6, 6.07) is 0. The summed E-state index contributed by atoms with van der Waals surface area (Å²) >= 11 is 1.04. The van der Waals surface area contributed by atoms with Crippen molar-refractivity contribution >= 4 is 34.3 Å². The van der Waals surface area contributed by atoms with Crippen LogP contribution in [-0.2, 0) is 19.1 Å². The van der Waals surface area contributed by atoms with Crippen LogP contribution in [0.4, 0.5) is 5.13 Å². The number of amides is 1. The van der Waals surface area contributed by atoms with Gasteiger partial charge in [-0.05, 0) is 20.8 Å². The first-order chi connectivity index (χ1) is 9.74. The number of nitrogens with zero attached hydrogens (tertiary/aromatic N) is 1. The third-order valence-corrected chi connectivity index (χ3v) is 4.35. The van der Waals surface area contributed by atoms with Gasteiger partial charge in [0.25, 0.3) is 0 Å². The van der Waals surface area contributed by atoms with E-state index in [9.17, 15) is 14.4 Å². The summed E-state index contributed by atoms with van der Waals surface area (Å²) in [5, 5.41) is 2.93. The fourth-order valence-corrected chi connectivity index (χ4v) is 3.04. The molecule has 2 rings (SSSR count). The molecule has 0 bridgehead atoms. The molecule has 1 aromatic heterocycles.